The molecule has 2 aromatic carbocycles. The maximum atomic E-state index is 13.7. The van der Waals surface area contributed by atoms with E-state index in [1.165, 1.54) is 6.92 Å². The summed E-state index contributed by atoms with van der Waals surface area (Å²) >= 11 is 0. The highest BCUT2D eigenvalue weighted by Crippen LogP contribution is 2.46. The van der Waals surface area contributed by atoms with E-state index in [1.54, 1.807) is 42.7 Å². The monoisotopic (exact) mass is 471 g/mol. The summed E-state index contributed by atoms with van der Waals surface area (Å²) in [7, 11) is 0. The van der Waals surface area contributed by atoms with E-state index in [0.29, 0.717) is 16.9 Å². The number of aromatic nitrogens is 1. The smallest absolute Gasteiger partial charge is 0.235 e. The van der Waals surface area contributed by atoms with Crippen LogP contribution in [0.15, 0.2) is 73.1 Å². The van der Waals surface area contributed by atoms with Crippen molar-refractivity contribution in [3.8, 4) is 0 Å². The maximum absolute atomic E-state index is 13.7. The fraction of sp³-hybridized carbons (Fsp3) is 0.286. The molecule has 180 valence electrons. The minimum absolute atomic E-state index is 0.318. The third kappa shape index (κ3) is 5.00. The molecule has 0 radical (unpaired) electrons. The first-order valence-corrected chi connectivity index (χ1v) is 11.6. The Balaban J connectivity index is 1.76. The zero-order chi connectivity index (χ0) is 25.2. The van der Waals surface area contributed by atoms with E-state index in [4.69, 9.17) is 0 Å². The molecule has 0 spiro atoms. The van der Waals surface area contributed by atoms with Crippen molar-refractivity contribution in [2.75, 3.05) is 10.6 Å². The lowest BCUT2D eigenvalue weighted by Gasteiger charge is -2.44. The fourth-order valence-electron chi connectivity index (χ4n) is 4.91. The van der Waals surface area contributed by atoms with Crippen molar-refractivity contribution in [2.24, 2.45) is 11.8 Å². The number of hydrogen-bond donors (Lipinski definition) is 3. The molecule has 3 N–H and O–H groups in total. The number of aliphatic hydroxyl groups is 1. The van der Waals surface area contributed by atoms with Crippen LogP contribution in [0.3, 0.4) is 0 Å². The van der Waals surface area contributed by atoms with Gasteiger partial charge >= 0.3 is 0 Å². The summed E-state index contributed by atoms with van der Waals surface area (Å²) in [4.78, 5) is 44.7. The van der Waals surface area contributed by atoms with Gasteiger partial charge in [0.15, 0.2) is 0 Å². The van der Waals surface area contributed by atoms with Gasteiger partial charge < -0.3 is 15.7 Å². The molecule has 2 amide bonds. The summed E-state index contributed by atoms with van der Waals surface area (Å²) in [6.45, 7) is 5.21. The number of Topliss-reactive ketones (excluding diaryl/α,β-unsaturated/α-hetero) is 1. The van der Waals surface area contributed by atoms with Crippen molar-refractivity contribution in [3.05, 3.63) is 89.7 Å². The lowest BCUT2D eigenvalue weighted by Crippen LogP contribution is -2.56. The van der Waals surface area contributed by atoms with E-state index in [1.807, 2.05) is 44.2 Å². The van der Waals surface area contributed by atoms with Crippen molar-refractivity contribution >= 4 is 29.0 Å². The number of nitrogens with one attached hydrogen (secondary N) is 2. The number of ketones is 1. The van der Waals surface area contributed by atoms with Crippen LogP contribution in [0.25, 0.3) is 0 Å². The van der Waals surface area contributed by atoms with Crippen LogP contribution in [-0.4, -0.2) is 33.3 Å². The Kier molecular flexibility index (Phi) is 6.80. The van der Waals surface area contributed by atoms with Crippen LogP contribution in [0, 0.1) is 25.7 Å². The maximum Gasteiger partial charge on any atom is 0.235 e. The van der Waals surface area contributed by atoms with Gasteiger partial charge in [-0.3, -0.25) is 19.4 Å². The Labute approximate surface area is 204 Å². The van der Waals surface area contributed by atoms with E-state index in [-0.39, 0.29) is 6.42 Å². The molecular formula is C28H29N3O4. The lowest BCUT2D eigenvalue weighted by atomic mass is 9.61. The van der Waals surface area contributed by atoms with Crippen LogP contribution in [0.4, 0.5) is 11.4 Å². The van der Waals surface area contributed by atoms with Gasteiger partial charge in [0.25, 0.3) is 0 Å². The van der Waals surface area contributed by atoms with Gasteiger partial charge in [-0.2, -0.15) is 0 Å². The van der Waals surface area contributed by atoms with Crippen LogP contribution in [0.1, 0.15) is 36.0 Å². The van der Waals surface area contributed by atoms with Crippen molar-refractivity contribution in [2.45, 2.75) is 38.7 Å². The third-order valence-corrected chi connectivity index (χ3v) is 6.71. The minimum atomic E-state index is -1.66. The van der Waals surface area contributed by atoms with Crippen LogP contribution in [0.5, 0.6) is 0 Å². The Bertz CT molecular complexity index is 1260. The molecule has 4 rings (SSSR count). The highest BCUT2D eigenvalue weighted by atomic mass is 16.3. The number of carbonyl (C=O) groups excluding carboxylic acids is 3. The van der Waals surface area contributed by atoms with Crippen LogP contribution < -0.4 is 10.6 Å². The highest BCUT2D eigenvalue weighted by molar-refractivity contribution is 6.10. The molecule has 0 bridgehead atoms. The van der Waals surface area contributed by atoms with Crippen molar-refractivity contribution in [3.63, 3.8) is 0 Å². The van der Waals surface area contributed by atoms with Gasteiger partial charge in [0.05, 0.1) is 11.5 Å². The molecule has 7 nitrogen and oxygen atoms in total. The van der Waals surface area contributed by atoms with Gasteiger partial charge in [0.2, 0.25) is 11.8 Å². The third-order valence-electron chi connectivity index (χ3n) is 6.71. The first-order valence-electron chi connectivity index (χ1n) is 11.6. The lowest BCUT2D eigenvalue weighted by molar-refractivity contribution is -0.150. The molecule has 1 heterocycles. The largest absolute Gasteiger partial charge is 0.389 e. The summed E-state index contributed by atoms with van der Waals surface area (Å²) in [5, 5.41) is 17.1. The van der Waals surface area contributed by atoms with E-state index in [9.17, 15) is 19.5 Å². The Hall–Kier alpha value is -3.84. The van der Waals surface area contributed by atoms with Gasteiger partial charge in [0, 0.05) is 36.1 Å². The summed E-state index contributed by atoms with van der Waals surface area (Å²) in [6, 6.07) is 18.0. The van der Waals surface area contributed by atoms with Crippen LogP contribution >= 0.6 is 0 Å². The molecule has 35 heavy (non-hydrogen) atoms. The van der Waals surface area contributed by atoms with Gasteiger partial charge in [0.1, 0.15) is 11.7 Å². The average molecular weight is 472 g/mol. The summed E-state index contributed by atoms with van der Waals surface area (Å²) < 4.78 is 0. The first-order chi connectivity index (χ1) is 16.7. The van der Waals surface area contributed by atoms with E-state index < -0.39 is 41.0 Å². The summed E-state index contributed by atoms with van der Waals surface area (Å²) in [5.74, 6) is -4.55. The van der Waals surface area contributed by atoms with E-state index in [2.05, 4.69) is 15.6 Å². The number of aryl methyl sites for hydroxylation is 2. The molecule has 1 aliphatic carbocycles. The van der Waals surface area contributed by atoms with Gasteiger partial charge in [-0.1, -0.05) is 42.5 Å². The number of nitrogens with zero attached hydrogens (tertiary/aromatic N) is 1. The van der Waals surface area contributed by atoms with Crippen LogP contribution in [-0.2, 0) is 14.4 Å². The molecule has 7 heteroatoms. The number of hydrogen-bond acceptors (Lipinski definition) is 5. The molecule has 4 atom stereocenters. The number of rotatable bonds is 5. The normalized spacial score (nSPS) is 24.0. The standard InChI is InChI=1S/C28H29N3O4/c1-17-9-4-6-12-20(17)30-26(33)24-22(32)15-28(3,35)25(23(24)19-11-8-14-29-16-19)27(34)31-21-13-7-5-10-18(21)2/h4-14,16,23-25,35H,15H2,1-3H3,(H,30,33)(H,31,34)/t23-,24-,25+,28+/m1/s1. The molecule has 1 fully saturated rings. The zero-order valence-electron chi connectivity index (χ0n) is 20.0. The van der Waals surface area contributed by atoms with Crippen molar-refractivity contribution in [1.82, 2.24) is 4.98 Å². The predicted octanol–water partition coefficient (Wildman–Crippen LogP) is 4.02. The highest BCUT2D eigenvalue weighted by Gasteiger charge is 2.56. The first kappa shape index (κ1) is 24.3. The number of benzene rings is 2. The van der Waals surface area contributed by atoms with Gasteiger partial charge in [-0.15, -0.1) is 0 Å². The quantitative estimate of drug-likeness (QED) is 0.487. The second-order valence-corrected chi connectivity index (χ2v) is 9.38. The molecule has 0 saturated heterocycles. The van der Waals surface area contributed by atoms with E-state index >= 15 is 0 Å². The molecule has 3 aromatic rings. The number of pyridine rings is 1. The summed E-state index contributed by atoms with van der Waals surface area (Å²) in [5.41, 5.74) is 1.78. The minimum Gasteiger partial charge on any atom is -0.389 e. The number of amides is 2. The second kappa shape index (κ2) is 9.80. The average Bonchev–Trinajstić information content (AvgIpc) is 2.81. The molecule has 0 unspecified atom stereocenters. The SMILES string of the molecule is Cc1ccccc1NC(=O)[C@@H]1C(=O)C[C@](C)(O)[C@H](C(=O)Nc2ccccc2C)[C@@H]1c1cccnc1. The fourth-order valence-corrected chi connectivity index (χ4v) is 4.91. The zero-order valence-corrected chi connectivity index (χ0v) is 20.0. The Morgan fingerprint density at radius 2 is 1.49 bits per heavy atom. The molecule has 1 aromatic heterocycles. The molecule has 1 aliphatic rings. The predicted molar refractivity (Wildman–Crippen MR) is 134 cm³/mol. The summed E-state index contributed by atoms with van der Waals surface area (Å²) in [6.07, 6.45) is 2.81. The molecule has 0 aliphatic heterocycles. The van der Waals surface area contributed by atoms with Gasteiger partial charge in [-0.05, 0) is 55.7 Å². The second-order valence-electron chi connectivity index (χ2n) is 9.38. The Morgan fingerprint density at radius 1 is 0.914 bits per heavy atom. The number of anilines is 2. The van der Waals surface area contributed by atoms with Crippen molar-refractivity contribution < 1.29 is 19.5 Å². The van der Waals surface area contributed by atoms with Crippen molar-refractivity contribution in [1.29, 1.82) is 0 Å². The number of para-hydroxylation sites is 2. The topological polar surface area (TPSA) is 108 Å². The number of carbonyl (C=O) groups is 3. The molecular weight excluding hydrogens is 442 g/mol. The molecule has 1 saturated carbocycles. The van der Waals surface area contributed by atoms with E-state index in [0.717, 1.165) is 11.1 Å². The van der Waals surface area contributed by atoms with Gasteiger partial charge in [-0.25, -0.2) is 0 Å². The Morgan fingerprint density at radius 3 is 2.03 bits per heavy atom. The van der Waals surface area contributed by atoms with Crippen LogP contribution in [0.2, 0.25) is 0 Å².